The van der Waals surface area contributed by atoms with Gasteiger partial charge in [0, 0.05) is 13.1 Å². The molecule has 1 heterocycles. The topological polar surface area (TPSA) is 87.5 Å². The SMILES string of the molecule is C[C@H](C#N)OC(=O)[C@H]1CCCN(S(=O)(=O)c2ccc(F)cc2)C1. The first-order valence-electron chi connectivity index (χ1n) is 7.20. The Balaban J connectivity index is 2.13. The predicted octanol–water partition coefficient (Wildman–Crippen LogP) is 1.68. The zero-order valence-electron chi connectivity index (χ0n) is 12.6. The molecule has 6 nitrogen and oxygen atoms in total. The van der Waals surface area contributed by atoms with Crippen LogP contribution in [0.2, 0.25) is 0 Å². The minimum atomic E-state index is -3.79. The van der Waals surface area contributed by atoms with E-state index in [9.17, 15) is 17.6 Å². The maximum absolute atomic E-state index is 12.9. The fourth-order valence-electron chi connectivity index (χ4n) is 2.41. The number of carbonyl (C=O) groups is 1. The minimum absolute atomic E-state index is 0.00328. The summed E-state index contributed by atoms with van der Waals surface area (Å²) in [5, 5.41) is 8.67. The second-order valence-corrected chi connectivity index (χ2v) is 7.30. The molecular formula is C15H17FN2O4S. The van der Waals surface area contributed by atoms with Crippen molar-refractivity contribution in [1.29, 1.82) is 5.26 Å². The number of ether oxygens (including phenoxy) is 1. The summed E-state index contributed by atoms with van der Waals surface area (Å²) >= 11 is 0. The highest BCUT2D eigenvalue weighted by molar-refractivity contribution is 7.89. The van der Waals surface area contributed by atoms with Crippen LogP contribution in [0.3, 0.4) is 0 Å². The lowest BCUT2D eigenvalue weighted by Crippen LogP contribution is -2.43. The average Bonchev–Trinajstić information content (AvgIpc) is 2.55. The van der Waals surface area contributed by atoms with Crippen LogP contribution in [0.4, 0.5) is 4.39 Å². The molecule has 0 bridgehead atoms. The molecule has 2 rings (SSSR count). The number of nitrogens with zero attached hydrogens (tertiary/aromatic N) is 2. The van der Waals surface area contributed by atoms with E-state index in [1.807, 2.05) is 0 Å². The molecule has 2 atom stereocenters. The van der Waals surface area contributed by atoms with Gasteiger partial charge in [-0.1, -0.05) is 0 Å². The number of rotatable bonds is 4. The molecule has 8 heteroatoms. The third-order valence-corrected chi connectivity index (χ3v) is 5.52. The molecule has 0 spiro atoms. The number of hydrogen-bond acceptors (Lipinski definition) is 5. The molecule has 23 heavy (non-hydrogen) atoms. The van der Waals surface area contributed by atoms with Gasteiger partial charge in [-0.2, -0.15) is 9.57 Å². The lowest BCUT2D eigenvalue weighted by molar-refractivity contribution is -0.152. The minimum Gasteiger partial charge on any atom is -0.447 e. The quantitative estimate of drug-likeness (QED) is 0.778. The summed E-state index contributed by atoms with van der Waals surface area (Å²) in [5.74, 6) is -1.69. The van der Waals surface area contributed by atoms with Gasteiger partial charge in [-0.05, 0) is 44.0 Å². The molecule has 0 radical (unpaired) electrons. The number of esters is 1. The molecule has 0 unspecified atom stereocenters. The van der Waals surface area contributed by atoms with E-state index in [-0.39, 0.29) is 18.0 Å². The van der Waals surface area contributed by atoms with Crippen molar-refractivity contribution in [3.05, 3.63) is 30.1 Å². The lowest BCUT2D eigenvalue weighted by atomic mass is 10.00. The third kappa shape index (κ3) is 4.06. The monoisotopic (exact) mass is 340 g/mol. The molecule has 124 valence electrons. The lowest BCUT2D eigenvalue weighted by Gasteiger charge is -2.30. The van der Waals surface area contributed by atoms with Gasteiger partial charge in [0.25, 0.3) is 0 Å². The van der Waals surface area contributed by atoms with Gasteiger partial charge < -0.3 is 4.74 Å². The molecule has 1 aromatic rings. The van der Waals surface area contributed by atoms with Crippen LogP contribution in [0.5, 0.6) is 0 Å². The fraction of sp³-hybridized carbons (Fsp3) is 0.467. The van der Waals surface area contributed by atoms with Crippen LogP contribution < -0.4 is 0 Å². The molecule has 1 fully saturated rings. The summed E-state index contributed by atoms with van der Waals surface area (Å²) in [5.41, 5.74) is 0. The Morgan fingerprint density at radius 3 is 2.70 bits per heavy atom. The van der Waals surface area contributed by atoms with Gasteiger partial charge in [0.05, 0.1) is 10.8 Å². The van der Waals surface area contributed by atoms with E-state index < -0.39 is 33.8 Å². The largest absolute Gasteiger partial charge is 0.447 e. The van der Waals surface area contributed by atoms with Crippen molar-refractivity contribution in [1.82, 2.24) is 4.31 Å². The van der Waals surface area contributed by atoms with Gasteiger partial charge in [-0.3, -0.25) is 4.79 Å². The Bertz CT molecular complexity index is 712. The molecule has 1 saturated heterocycles. The van der Waals surface area contributed by atoms with Gasteiger partial charge in [0.15, 0.2) is 6.10 Å². The summed E-state index contributed by atoms with van der Waals surface area (Å²) < 4.78 is 44.2. The Morgan fingerprint density at radius 1 is 1.43 bits per heavy atom. The zero-order chi connectivity index (χ0) is 17.0. The van der Waals surface area contributed by atoms with Gasteiger partial charge in [0.1, 0.15) is 11.9 Å². The molecule has 0 saturated carbocycles. The van der Waals surface area contributed by atoms with Crippen molar-refractivity contribution >= 4 is 16.0 Å². The second kappa shape index (κ2) is 7.06. The van der Waals surface area contributed by atoms with E-state index in [0.717, 1.165) is 12.1 Å². The number of benzene rings is 1. The van der Waals surface area contributed by atoms with Crippen LogP contribution in [0.15, 0.2) is 29.2 Å². The summed E-state index contributed by atoms with van der Waals surface area (Å²) in [7, 11) is -3.79. The van der Waals surface area contributed by atoms with Crippen LogP contribution in [0.25, 0.3) is 0 Å². The normalized spacial score (nSPS) is 20.5. The Morgan fingerprint density at radius 2 is 2.09 bits per heavy atom. The van der Waals surface area contributed by atoms with Crippen molar-refractivity contribution in [2.24, 2.45) is 5.92 Å². The van der Waals surface area contributed by atoms with E-state index in [1.54, 1.807) is 6.07 Å². The van der Waals surface area contributed by atoms with Gasteiger partial charge in [-0.15, -0.1) is 0 Å². The van der Waals surface area contributed by atoms with E-state index in [0.29, 0.717) is 12.8 Å². The Hall–Kier alpha value is -1.98. The van der Waals surface area contributed by atoms with Gasteiger partial charge in [-0.25, -0.2) is 12.8 Å². The van der Waals surface area contributed by atoms with Crippen molar-refractivity contribution in [2.45, 2.75) is 30.8 Å². The standard InChI is InChI=1S/C15H17FN2O4S/c1-11(9-17)22-15(19)12-3-2-8-18(10-12)23(20,21)14-6-4-13(16)5-7-14/h4-7,11-12H,2-3,8,10H2,1H3/t11-,12+/m1/s1. The number of sulfonamides is 1. The predicted molar refractivity (Wildman–Crippen MR) is 79.0 cm³/mol. The van der Waals surface area contributed by atoms with Gasteiger partial charge in [0.2, 0.25) is 10.0 Å². The highest BCUT2D eigenvalue weighted by Crippen LogP contribution is 2.25. The van der Waals surface area contributed by atoms with Crippen molar-refractivity contribution in [3.63, 3.8) is 0 Å². The first-order valence-corrected chi connectivity index (χ1v) is 8.64. The molecule has 0 aliphatic carbocycles. The number of piperidine rings is 1. The van der Waals surface area contributed by atoms with Crippen LogP contribution in [-0.4, -0.2) is 37.9 Å². The maximum Gasteiger partial charge on any atom is 0.311 e. The summed E-state index contributed by atoms with van der Waals surface area (Å²) in [6, 6.07) is 6.36. The average molecular weight is 340 g/mol. The molecule has 0 N–H and O–H groups in total. The molecular weight excluding hydrogens is 323 g/mol. The highest BCUT2D eigenvalue weighted by Gasteiger charge is 2.34. The van der Waals surface area contributed by atoms with E-state index in [4.69, 9.17) is 10.00 Å². The smallest absolute Gasteiger partial charge is 0.311 e. The third-order valence-electron chi connectivity index (χ3n) is 3.64. The second-order valence-electron chi connectivity index (χ2n) is 5.36. The fourth-order valence-corrected chi connectivity index (χ4v) is 3.93. The first-order chi connectivity index (χ1) is 10.8. The van der Waals surface area contributed by atoms with E-state index in [1.165, 1.54) is 23.4 Å². The molecule has 1 aliphatic rings. The van der Waals surface area contributed by atoms with Crippen molar-refractivity contribution in [3.8, 4) is 6.07 Å². The summed E-state index contributed by atoms with van der Waals surface area (Å²) in [6.07, 6.45) is 0.152. The molecule has 0 amide bonds. The Labute approximate surface area is 134 Å². The summed E-state index contributed by atoms with van der Waals surface area (Å²) in [4.78, 5) is 12.0. The molecule has 0 aromatic heterocycles. The van der Waals surface area contributed by atoms with Crippen LogP contribution in [0.1, 0.15) is 19.8 Å². The van der Waals surface area contributed by atoms with E-state index in [2.05, 4.69) is 0 Å². The van der Waals surface area contributed by atoms with Crippen molar-refractivity contribution in [2.75, 3.05) is 13.1 Å². The zero-order valence-corrected chi connectivity index (χ0v) is 13.4. The first kappa shape index (κ1) is 17.4. The Kier molecular flexibility index (Phi) is 5.34. The number of nitriles is 1. The van der Waals surface area contributed by atoms with Crippen LogP contribution in [-0.2, 0) is 19.6 Å². The summed E-state index contributed by atoms with van der Waals surface area (Å²) in [6.45, 7) is 1.74. The molecule has 1 aliphatic heterocycles. The highest BCUT2D eigenvalue weighted by atomic mass is 32.2. The van der Waals surface area contributed by atoms with E-state index >= 15 is 0 Å². The molecule has 1 aromatic carbocycles. The van der Waals surface area contributed by atoms with Crippen LogP contribution in [0, 0.1) is 23.1 Å². The van der Waals surface area contributed by atoms with Crippen LogP contribution >= 0.6 is 0 Å². The maximum atomic E-state index is 12.9. The van der Waals surface area contributed by atoms with Crippen molar-refractivity contribution < 1.29 is 22.3 Å². The number of carbonyl (C=O) groups excluding carboxylic acids is 1. The number of hydrogen-bond donors (Lipinski definition) is 0. The van der Waals surface area contributed by atoms with Gasteiger partial charge >= 0.3 is 5.97 Å². The number of halogens is 1.